The number of hydrogen-bond donors (Lipinski definition) is 1. The van der Waals surface area contributed by atoms with Crippen molar-refractivity contribution in [2.75, 3.05) is 46.2 Å². The second-order valence-corrected chi connectivity index (χ2v) is 8.86. The molecular weight excluding hydrogens is 432 g/mol. The monoisotopic (exact) mass is 456 g/mol. The number of morpholine rings is 1. The molecule has 3 aliphatic heterocycles. The van der Waals surface area contributed by atoms with Gasteiger partial charge >= 0.3 is 0 Å². The third kappa shape index (κ3) is 3.87. The van der Waals surface area contributed by atoms with E-state index in [-0.39, 0.29) is 18.1 Å². The predicted molar refractivity (Wildman–Crippen MR) is 118 cm³/mol. The summed E-state index contributed by atoms with van der Waals surface area (Å²) in [5, 5.41) is 13.0. The molecule has 0 saturated carbocycles. The van der Waals surface area contributed by atoms with Gasteiger partial charge in [0, 0.05) is 36.6 Å². The topological polar surface area (TPSA) is 88.5 Å². The number of carbonyl (C=O) groups excluding carboxylic acids is 2. The van der Waals surface area contributed by atoms with Crippen molar-refractivity contribution in [3.05, 3.63) is 51.7 Å². The second-order valence-electron chi connectivity index (χ2n) is 7.88. The molecule has 1 atom stereocenters. The van der Waals surface area contributed by atoms with E-state index in [1.807, 2.05) is 17.5 Å². The van der Waals surface area contributed by atoms with Crippen molar-refractivity contribution < 1.29 is 28.9 Å². The zero-order valence-electron chi connectivity index (χ0n) is 17.5. The highest BCUT2D eigenvalue weighted by atomic mass is 32.1. The second kappa shape index (κ2) is 8.93. The van der Waals surface area contributed by atoms with Crippen LogP contribution in [0.5, 0.6) is 11.5 Å². The normalized spacial score (nSPS) is 22.6. The minimum Gasteiger partial charge on any atom is -0.507 e. The molecule has 8 nitrogen and oxygen atoms in total. The van der Waals surface area contributed by atoms with Gasteiger partial charge in [0.1, 0.15) is 5.76 Å². The van der Waals surface area contributed by atoms with Crippen molar-refractivity contribution in [2.24, 2.45) is 0 Å². The van der Waals surface area contributed by atoms with Crippen LogP contribution in [0.4, 0.5) is 0 Å². The smallest absolute Gasteiger partial charge is 0.295 e. The van der Waals surface area contributed by atoms with Crippen LogP contribution in [0.15, 0.2) is 41.3 Å². The number of aliphatic hydroxyl groups excluding tert-OH is 1. The van der Waals surface area contributed by atoms with Crippen LogP contribution in [-0.4, -0.2) is 72.8 Å². The molecule has 2 fully saturated rings. The van der Waals surface area contributed by atoms with Crippen LogP contribution in [0.25, 0.3) is 5.76 Å². The number of thiophene rings is 1. The lowest BCUT2D eigenvalue weighted by Crippen LogP contribution is -2.38. The van der Waals surface area contributed by atoms with E-state index in [2.05, 4.69) is 4.90 Å². The first-order chi connectivity index (χ1) is 15.6. The Morgan fingerprint density at radius 2 is 1.91 bits per heavy atom. The number of aliphatic hydroxyl groups is 1. The average Bonchev–Trinajstić information content (AvgIpc) is 3.55. The van der Waals surface area contributed by atoms with Gasteiger partial charge in [-0.05, 0) is 36.1 Å². The first-order valence-corrected chi connectivity index (χ1v) is 11.5. The molecule has 32 heavy (non-hydrogen) atoms. The van der Waals surface area contributed by atoms with E-state index in [9.17, 15) is 14.7 Å². The molecule has 0 bridgehead atoms. The highest BCUT2D eigenvalue weighted by molar-refractivity contribution is 7.10. The van der Waals surface area contributed by atoms with E-state index in [1.54, 1.807) is 23.1 Å². The van der Waals surface area contributed by atoms with E-state index in [0.717, 1.165) is 44.1 Å². The molecule has 0 aliphatic carbocycles. The number of rotatable bonds is 6. The maximum atomic E-state index is 13.0. The van der Waals surface area contributed by atoms with Gasteiger partial charge in [-0.25, -0.2) is 0 Å². The molecule has 168 valence electrons. The van der Waals surface area contributed by atoms with Crippen LogP contribution in [0.2, 0.25) is 0 Å². The molecule has 2 aromatic rings. The number of amides is 1. The number of carbonyl (C=O) groups is 2. The summed E-state index contributed by atoms with van der Waals surface area (Å²) in [7, 11) is 0. The molecule has 5 rings (SSSR count). The van der Waals surface area contributed by atoms with Gasteiger partial charge in [0.05, 0.1) is 24.8 Å². The standard InChI is InChI=1S/C23H24N2O6S/c26-21(15-4-5-16-17(13-15)31-14-30-16)19-20(18-3-1-12-32-18)25(23(28)22(19)27)7-2-6-24-8-10-29-11-9-24/h1,3-5,12-13,20,26H,2,6-11,14H2/b21-19+. The maximum Gasteiger partial charge on any atom is 0.295 e. The van der Waals surface area contributed by atoms with Gasteiger partial charge in [0.15, 0.2) is 11.5 Å². The molecule has 0 radical (unpaired) electrons. The third-order valence-corrected chi connectivity index (χ3v) is 6.90. The summed E-state index contributed by atoms with van der Waals surface area (Å²) >= 11 is 1.46. The van der Waals surface area contributed by atoms with Crippen molar-refractivity contribution in [3.8, 4) is 11.5 Å². The number of Topliss-reactive ketones (excluding diaryl/α,β-unsaturated/α-hetero) is 1. The number of nitrogens with zero attached hydrogens (tertiary/aromatic N) is 2. The van der Waals surface area contributed by atoms with Crippen LogP contribution < -0.4 is 9.47 Å². The molecule has 9 heteroatoms. The van der Waals surface area contributed by atoms with Crippen LogP contribution in [0, 0.1) is 0 Å². The molecule has 2 saturated heterocycles. The first kappa shape index (κ1) is 21.0. The molecule has 1 amide bonds. The zero-order chi connectivity index (χ0) is 22.1. The van der Waals surface area contributed by atoms with Crippen molar-refractivity contribution in [1.82, 2.24) is 9.80 Å². The molecule has 4 heterocycles. The fraction of sp³-hybridized carbons (Fsp3) is 0.391. The van der Waals surface area contributed by atoms with Gasteiger partial charge in [-0.3, -0.25) is 14.5 Å². The Morgan fingerprint density at radius 1 is 1.09 bits per heavy atom. The van der Waals surface area contributed by atoms with Crippen molar-refractivity contribution in [2.45, 2.75) is 12.5 Å². The van der Waals surface area contributed by atoms with Gasteiger partial charge in [-0.15, -0.1) is 11.3 Å². The molecule has 3 aliphatic rings. The lowest BCUT2D eigenvalue weighted by atomic mass is 9.99. The Morgan fingerprint density at radius 3 is 2.69 bits per heavy atom. The van der Waals surface area contributed by atoms with E-state index in [4.69, 9.17) is 14.2 Å². The molecule has 1 aromatic carbocycles. The Balaban J connectivity index is 1.44. The summed E-state index contributed by atoms with van der Waals surface area (Å²) in [6, 6.07) is 8.16. The van der Waals surface area contributed by atoms with Gasteiger partial charge in [-0.1, -0.05) is 6.07 Å². The van der Waals surface area contributed by atoms with Gasteiger partial charge in [-0.2, -0.15) is 0 Å². The summed E-state index contributed by atoms with van der Waals surface area (Å²) in [6.07, 6.45) is 0.735. The highest BCUT2D eigenvalue weighted by Crippen LogP contribution is 2.42. The summed E-state index contributed by atoms with van der Waals surface area (Å²) < 4.78 is 16.1. The van der Waals surface area contributed by atoms with Crippen LogP contribution in [-0.2, 0) is 14.3 Å². The number of fused-ring (bicyclic) bond motifs is 1. The van der Waals surface area contributed by atoms with Crippen molar-refractivity contribution >= 4 is 28.8 Å². The Bertz CT molecular complexity index is 1040. The number of ketones is 1. The van der Waals surface area contributed by atoms with Crippen LogP contribution in [0.1, 0.15) is 22.9 Å². The fourth-order valence-corrected chi connectivity index (χ4v) is 5.19. The van der Waals surface area contributed by atoms with E-state index < -0.39 is 17.7 Å². The summed E-state index contributed by atoms with van der Waals surface area (Å²) in [6.45, 7) is 4.55. The van der Waals surface area contributed by atoms with Crippen molar-refractivity contribution in [1.29, 1.82) is 0 Å². The Kier molecular flexibility index (Phi) is 5.86. The zero-order valence-corrected chi connectivity index (χ0v) is 18.3. The van der Waals surface area contributed by atoms with Gasteiger partial charge < -0.3 is 24.2 Å². The predicted octanol–water partition coefficient (Wildman–Crippen LogP) is 2.62. The summed E-state index contributed by atoms with van der Waals surface area (Å²) in [4.78, 5) is 30.8. The third-order valence-electron chi connectivity index (χ3n) is 5.98. The summed E-state index contributed by atoms with van der Waals surface area (Å²) in [5.74, 6) is -0.352. The molecule has 1 N–H and O–H groups in total. The van der Waals surface area contributed by atoms with Gasteiger partial charge in [0.25, 0.3) is 11.7 Å². The fourth-order valence-electron chi connectivity index (χ4n) is 4.34. The average molecular weight is 457 g/mol. The Labute approximate surface area is 189 Å². The first-order valence-electron chi connectivity index (χ1n) is 10.7. The minimum atomic E-state index is -0.662. The molecular formula is C23H24N2O6S. The van der Waals surface area contributed by atoms with E-state index >= 15 is 0 Å². The minimum absolute atomic E-state index is 0.113. The van der Waals surface area contributed by atoms with Crippen molar-refractivity contribution in [3.63, 3.8) is 0 Å². The molecule has 1 aromatic heterocycles. The lowest BCUT2D eigenvalue weighted by molar-refractivity contribution is -0.140. The van der Waals surface area contributed by atoms with Gasteiger partial charge in [0.2, 0.25) is 6.79 Å². The highest BCUT2D eigenvalue weighted by Gasteiger charge is 2.46. The Hall–Kier alpha value is -2.88. The van der Waals surface area contributed by atoms with E-state index in [1.165, 1.54) is 11.3 Å². The summed E-state index contributed by atoms with van der Waals surface area (Å²) in [5.41, 5.74) is 0.532. The SMILES string of the molecule is O=C1C(=O)N(CCCN2CCOCC2)C(c2cccs2)/C1=C(\O)c1ccc2c(c1)OCO2. The number of likely N-dealkylation sites (tertiary alicyclic amines) is 1. The number of hydrogen-bond acceptors (Lipinski definition) is 8. The number of ether oxygens (including phenoxy) is 3. The number of benzene rings is 1. The molecule has 0 spiro atoms. The quantitative estimate of drug-likeness (QED) is 0.406. The lowest BCUT2D eigenvalue weighted by Gasteiger charge is -2.28. The molecule has 1 unspecified atom stereocenters. The van der Waals surface area contributed by atoms with Crippen LogP contribution >= 0.6 is 11.3 Å². The van der Waals surface area contributed by atoms with E-state index in [0.29, 0.717) is 23.6 Å². The largest absolute Gasteiger partial charge is 0.507 e. The van der Waals surface area contributed by atoms with Crippen LogP contribution in [0.3, 0.4) is 0 Å². The maximum absolute atomic E-state index is 13.0.